The first-order valence-electron chi connectivity index (χ1n) is 10.9. The number of esters is 1. The molecule has 0 saturated carbocycles. The minimum atomic E-state index is -0.250. The van der Waals surface area contributed by atoms with Crippen molar-refractivity contribution in [1.29, 1.82) is 0 Å². The second-order valence-corrected chi connectivity index (χ2v) is 8.48. The van der Waals surface area contributed by atoms with Crippen LogP contribution < -0.4 is 0 Å². The molecular weight excluding hydrogens is 402 g/mol. The number of piperidine rings is 1. The van der Waals surface area contributed by atoms with Crippen molar-refractivity contribution in [2.24, 2.45) is 5.92 Å². The number of carbonyl (C=O) groups excluding carboxylic acids is 2. The second kappa shape index (κ2) is 9.21. The zero-order chi connectivity index (χ0) is 21.1. The number of fused-ring (bicyclic) bond motifs is 1. The molecule has 0 bridgehead atoms. The molecule has 6 nitrogen and oxygen atoms in total. The lowest BCUT2D eigenvalue weighted by atomic mass is 9.97. The summed E-state index contributed by atoms with van der Waals surface area (Å²) in [6.45, 7) is 4.08. The maximum absolute atomic E-state index is 13.5. The van der Waals surface area contributed by atoms with Crippen LogP contribution in [0.4, 0.5) is 0 Å². The van der Waals surface area contributed by atoms with Crippen molar-refractivity contribution in [3.05, 3.63) is 40.7 Å². The molecule has 30 heavy (non-hydrogen) atoms. The molecule has 3 heterocycles. The number of carbonyl (C=O) groups is 2. The number of aromatic nitrogens is 2. The third-order valence-corrected chi connectivity index (χ3v) is 6.25. The average molecular weight is 430 g/mol. The third kappa shape index (κ3) is 4.24. The number of hydrogen-bond acceptors (Lipinski definition) is 4. The SMILES string of the molecule is CCOC(=O)[C@@H]1CCCN(C(=O)c2nc(-c3ccc(Cl)cc3)n3c2CCCCC3)C1. The fourth-order valence-corrected chi connectivity index (χ4v) is 4.60. The summed E-state index contributed by atoms with van der Waals surface area (Å²) in [4.78, 5) is 32.3. The van der Waals surface area contributed by atoms with Crippen molar-refractivity contribution < 1.29 is 14.3 Å². The molecule has 0 aliphatic carbocycles. The second-order valence-electron chi connectivity index (χ2n) is 8.04. The lowest BCUT2D eigenvalue weighted by Crippen LogP contribution is -2.43. The van der Waals surface area contributed by atoms with Crippen molar-refractivity contribution in [2.45, 2.75) is 52.0 Å². The predicted octanol–water partition coefficient (Wildman–Crippen LogP) is 4.35. The Balaban J connectivity index is 1.65. The first-order valence-corrected chi connectivity index (χ1v) is 11.3. The Morgan fingerprint density at radius 3 is 2.70 bits per heavy atom. The standard InChI is InChI=1S/C23H28ClN3O3/c1-2-30-23(29)17-7-6-13-26(15-17)22(28)20-19-8-4-3-5-14-27(19)21(25-20)16-9-11-18(24)12-10-16/h9-12,17H,2-8,13-15H2,1H3/t17-/m1/s1. The van der Waals surface area contributed by atoms with Crippen molar-refractivity contribution >= 4 is 23.5 Å². The number of nitrogens with zero attached hydrogens (tertiary/aromatic N) is 3. The first-order chi connectivity index (χ1) is 14.6. The van der Waals surface area contributed by atoms with Gasteiger partial charge < -0.3 is 14.2 Å². The Morgan fingerprint density at radius 1 is 1.13 bits per heavy atom. The molecular formula is C23H28ClN3O3. The molecule has 1 aromatic heterocycles. The van der Waals surface area contributed by atoms with Crippen molar-refractivity contribution in [3.8, 4) is 11.4 Å². The first kappa shape index (κ1) is 20.9. The van der Waals surface area contributed by atoms with Gasteiger partial charge in [-0.15, -0.1) is 0 Å². The van der Waals surface area contributed by atoms with E-state index in [1.807, 2.05) is 31.2 Å². The molecule has 0 spiro atoms. The molecule has 1 saturated heterocycles. The van der Waals surface area contributed by atoms with E-state index < -0.39 is 0 Å². The highest BCUT2D eigenvalue weighted by Crippen LogP contribution is 2.29. The monoisotopic (exact) mass is 429 g/mol. The molecule has 7 heteroatoms. The van der Waals surface area contributed by atoms with E-state index in [4.69, 9.17) is 21.3 Å². The van der Waals surface area contributed by atoms with Gasteiger partial charge in [0.25, 0.3) is 5.91 Å². The lowest BCUT2D eigenvalue weighted by Gasteiger charge is -2.31. The summed E-state index contributed by atoms with van der Waals surface area (Å²) >= 11 is 6.06. The van der Waals surface area contributed by atoms with Crippen LogP contribution in [0, 0.1) is 5.92 Å². The highest BCUT2D eigenvalue weighted by atomic mass is 35.5. The Kier molecular flexibility index (Phi) is 6.42. The van der Waals surface area contributed by atoms with E-state index in [-0.39, 0.29) is 17.8 Å². The smallest absolute Gasteiger partial charge is 0.310 e. The highest BCUT2D eigenvalue weighted by Gasteiger charge is 2.33. The summed E-state index contributed by atoms with van der Waals surface area (Å²) in [5.41, 5.74) is 2.51. The number of ether oxygens (including phenoxy) is 1. The molecule has 1 fully saturated rings. The van der Waals surface area contributed by atoms with Gasteiger partial charge in [0.15, 0.2) is 0 Å². The third-order valence-electron chi connectivity index (χ3n) is 6.00. The number of amides is 1. The summed E-state index contributed by atoms with van der Waals surface area (Å²) in [5.74, 6) is 0.292. The topological polar surface area (TPSA) is 64.4 Å². The van der Waals surface area contributed by atoms with Gasteiger partial charge in [0, 0.05) is 30.2 Å². The van der Waals surface area contributed by atoms with E-state index >= 15 is 0 Å². The van der Waals surface area contributed by atoms with Gasteiger partial charge >= 0.3 is 5.97 Å². The quantitative estimate of drug-likeness (QED) is 0.678. The Hall–Kier alpha value is -2.34. The molecule has 0 unspecified atom stereocenters. The zero-order valence-corrected chi connectivity index (χ0v) is 18.2. The predicted molar refractivity (Wildman–Crippen MR) is 115 cm³/mol. The van der Waals surface area contributed by atoms with Crippen LogP contribution in [-0.2, 0) is 22.5 Å². The van der Waals surface area contributed by atoms with E-state index in [0.717, 1.165) is 62.2 Å². The average Bonchev–Trinajstić information content (AvgIpc) is 2.95. The fraction of sp³-hybridized carbons (Fsp3) is 0.522. The molecule has 1 aromatic carbocycles. The molecule has 2 aromatic rings. The van der Waals surface area contributed by atoms with E-state index in [1.165, 1.54) is 0 Å². The molecule has 2 aliphatic rings. The van der Waals surface area contributed by atoms with Gasteiger partial charge in [-0.3, -0.25) is 9.59 Å². The number of imidazole rings is 1. The molecule has 0 radical (unpaired) electrons. The Morgan fingerprint density at radius 2 is 1.93 bits per heavy atom. The summed E-state index contributed by atoms with van der Waals surface area (Å²) in [5, 5.41) is 0.677. The van der Waals surface area contributed by atoms with Gasteiger partial charge in [0.1, 0.15) is 11.5 Å². The maximum atomic E-state index is 13.5. The molecule has 0 N–H and O–H groups in total. The van der Waals surface area contributed by atoms with Gasteiger partial charge in [0.05, 0.1) is 18.2 Å². The van der Waals surface area contributed by atoms with Crippen LogP contribution >= 0.6 is 11.6 Å². The minimum absolute atomic E-state index is 0.0742. The van der Waals surface area contributed by atoms with Crippen LogP contribution in [-0.4, -0.2) is 46.0 Å². The van der Waals surface area contributed by atoms with Crippen LogP contribution in [0.25, 0.3) is 11.4 Å². The molecule has 160 valence electrons. The Bertz CT molecular complexity index is 923. The van der Waals surface area contributed by atoms with Crippen LogP contribution in [0.1, 0.15) is 55.2 Å². The van der Waals surface area contributed by atoms with E-state index in [9.17, 15) is 9.59 Å². The number of rotatable bonds is 4. The van der Waals surface area contributed by atoms with Gasteiger partial charge in [0.2, 0.25) is 0 Å². The maximum Gasteiger partial charge on any atom is 0.310 e. The fourth-order valence-electron chi connectivity index (χ4n) is 4.47. The van der Waals surface area contributed by atoms with Crippen molar-refractivity contribution in [3.63, 3.8) is 0 Å². The number of likely N-dealkylation sites (tertiary alicyclic amines) is 1. The summed E-state index contributed by atoms with van der Waals surface area (Å²) in [7, 11) is 0. The summed E-state index contributed by atoms with van der Waals surface area (Å²) < 4.78 is 7.39. The van der Waals surface area contributed by atoms with E-state index in [0.29, 0.717) is 30.4 Å². The molecule has 2 aliphatic heterocycles. The largest absolute Gasteiger partial charge is 0.466 e. The van der Waals surface area contributed by atoms with Gasteiger partial charge in [-0.1, -0.05) is 18.0 Å². The van der Waals surface area contributed by atoms with Gasteiger partial charge in [-0.25, -0.2) is 4.98 Å². The molecule has 1 atom stereocenters. The molecule has 4 rings (SSSR count). The molecule has 1 amide bonds. The van der Waals surface area contributed by atoms with Gasteiger partial charge in [-0.05, 0) is 63.3 Å². The van der Waals surface area contributed by atoms with Crippen LogP contribution in [0.2, 0.25) is 5.02 Å². The highest BCUT2D eigenvalue weighted by molar-refractivity contribution is 6.30. The van der Waals surface area contributed by atoms with Crippen LogP contribution in [0.5, 0.6) is 0 Å². The Labute approximate surface area is 182 Å². The normalized spacial score (nSPS) is 19.1. The summed E-state index contributed by atoms with van der Waals surface area (Å²) in [6, 6.07) is 7.61. The van der Waals surface area contributed by atoms with Gasteiger partial charge in [-0.2, -0.15) is 0 Å². The zero-order valence-electron chi connectivity index (χ0n) is 17.4. The number of halogens is 1. The van der Waals surface area contributed by atoms with E-state index in [1.54, 1.807) is 4.90 Å². The lowest BCUT2D eigenvalue weighted by molar-refractivity contribution is -0.149. The van der Waals surface area contributed by atoms with Crippen LogP contribution in [0.3, 0.4) is 0 Å². The number of hydrogen-bond donors (Lipinski definition) is 0. The number of benzene rings is 1. The summed E-state index contributed by atoms with van der Waals surface area (Å²) in [6.07, 6.45) is 5.68. The van der Waals surface area contributed by atoms with Crippen molar-refractivity contribution in [1.82, 2.24) is 14.5 Å². The minimum Gasteiger partial charge on any atom is -0.466 e. The van der Waals surface area contributed by atoms with E-state index in [2.05, 4.69) is 4.57 Å². The van der Waals surface area contributed by atoms with Crippen LogP contribution in [0.15, 0.2) is 24.3 Å². The van der Waals surface area contributed by atoms with Crippen molar-refractivity contribution in [2.75, 3.05) is 19.7 Å².